The van der Waals surface area contributed by atoms with Gasteiger partial charge in [-0.2, -0.15) is 0 Å². The van der Waals surface area contributed by atoms with Gasteiger partial charge in [-0.1, -0.05) is 12.1 Å². The molecule has 0 atom stereocenters. The lowest BCUT2D eigenvalue weighted by Gasteiger charge is -2.08. The molecule has 0 aliphatic heterocycles. The number of thiophene rings is 1. The maximum absolute atomic E-state index is 12.6. The minimum atomic E-state index is -0.627. The van der Waals surface area contributed by atoms with Crippen molar-refractivity contribution in [2.75, 3.05) is 25.8 Å². The number of carbonyl (C=O) groups excluding carboxylic acids is 3. The first-order valence-corrected chi connectivity index (χ1v) is 9.23. The summed E-state index contributed by atoms with van der Waals surface area (Å²) in [6.45, 7) is 1.61. The van der Waals surface area contributed by atoms with Crippen LogP contribution in [0.4, 0.5) is 5.00 Å². The molecule has 0 saturated carbocycles. The summed E-state index contributed by atoms with van der Waals surface area (Å²) >= 11 is 2.43. The molecule has 0 unspecified atom stereocenters. The molecule has 1 N–H and O–H groups in total. The number of esters is 2. The Morgan fingerprint density at radius 2 is 1.72 bits per heavy atom. The van der Waals surface area contributed by atoms with E-state index in [0.29, 0.717) is 11.1 Å². The molecule has 6 nitrogen and oxygen atoms in total. The summed E-state index contributed by atoms with van der Waals surface area (Å²) in [6, 6.07) is 7.13. The minimum absolute atomic E-state index is 0.155. The maximum atomic E-state index is 12.6. The molecule has 2 rings (SSSR count). The van der Waals surface area contributed by atoms with Gasteiger partial charge in [-0.15, -0.1) is 23.1 Å². The zero-order valence-electron chi connectivity index (χ0n) is 14.2. The number of nitrogens with one attached hydrogen (secondary N) is 1. The summed E-state index contributed by atoms with van der Waals surface area (Å²) in [6.07, 6.45) is 1.87. The van der Waals surface area contributed by atoms with Crippen LogP contribution in [-0.4, -0.2) is 38.3 Å². The van der Waals surface area contributed by atoms with E-state index in [-0.39, 0.29) is 21.3 Å². The predicted molar refractivity (Wildman–Crippen MR) is 97.9 cm³/mol. The molecule has 132 valence electrons. The van der Waals surface area contributed by atoms with Crippen LogP contribution in [0.1, 0.15) is 36.0 Å². The highest BCUT2D eigenvalue weighted by molar-refractivity contribution is 7.98. The fourth-order valence-electron chi connectivity index (χ4n) is 2.24. The lowest BCUT2D eigenvalue weighted by molar-refractivity contribution is 0.0601. The Bertz CT molecular complexity index is 828. The van der Waals surface area contributed by atoms with Crippen LogP contribution >= 0.6 is 23.1 Å². The lowest BCUT2D eigenvalue weighted by atomic mass is 10.1. The summed E-state index contributed by atoms with van der Waals surface area (Å²) in [4.78, 5) is 37.7. The summed E-state index contributed by atoms with van der Waals surface area (Å²) in [5, 5.41) is 2.97. The SMILES string of the molecule is COC(=O)c1sc(NC(=O)c2ccccc2SC)c(C(=O)OC)c1C. The van der Waals surface area contributed by atoms with Crippen molar-refractivity contribution in [3.8, 4) is 0 Å². The van der Waals surface area contributed by atoms with Crippen molar-refractivity contribution in [1.82, 2.24) is 0 Å². The summed E-state index contributed by atoms with van der Waals surface area (Å²) < 4.78 is 9.51. The summed E-state index contributed by atoms with van der Waals surface area (Å²) in [5.41, 5.74) is 1.05. The molecule has 1 heterocycles. The van der Waals surface area contributed by atoms with E-state index in [2.05, 4.69) is 5.32 Å². The first-order chi connectivity index (χ1) is 11.9. The number of benzene rings is 1. The number of ether oxygens (including phenoxy) is 2. The van der Waals surface area contributed by atoms with Crippen LogP contribution in [0.3, 0.4) is 0 Å². The van der Waals surface area contributed by atoms with Gasteiger partial charge in [-0.05, 0) is 30.9 Å². The van der Waals surface area contributed by atoms with Gasteiger partial charge in [0.05, 0.1) is 25.3 Å². The van der Waals surface area contributed by atoms with Crippen molar-refractivity contribution in [2.24, 2.45) is 0 Å². The zero-order valence-corrected chi connectivity index (χ0v) is 15.8. The largest absolute Gasteiger partial charge is 0.465 e. The molecule has 0 bridgehead atoms. The van der Waals surface area contributed by atoms with Crippen molar-refractivity contribution in [1.29, 1.82) is 0 Å². The van der Waals surface area contributed by atoms with Gasteiger partial charge in [-0.3, -0.25) is 4.79 Å². The van der Waals surface area contributed by atoms with E-state index in [9.17, 15) is 14.4 Å². The van der Waals surface area contributed by atoms with E-state index >= 15 is 0 Å². The molecule has 0 spiro atoms. The van der Waals surface area contributed by atoms with E-state index in [1.807, 2.05) is 18.4 Å². The van der Waals surface area contributed by atoms with E-state index in [1.54, 1.807) is 19.1 Å². The fourth-order valence-corrected chi connectivity index (χ4v) is 3.94. The second-order valence-corrected chi connectivity index (χ2v) is 6.77. The Hall–Kier alpha value is -2.32. The van der Waals surface area contributed by atoms with Crippen LogP contribution in [0.25, 0.3) is 0 Å². The molecular formula is C17H17NO5S2. The third-order valence-corrected chi connectivity index (χ3v) is 5.47. The molecule has 8 heteroatoms. The molecule has 0 aliphatic rings. The standard InChI is InChI=1S/C17H17NO5S2/c1-9-12(16(20)22-2)15(25-13(9)17(21)23-3)18-14(19)10-7-5-6-8-11(10)24-4/h5-8H,1-4H3,(H,18,19). The molecule has 0 saturated heterocycles. The van der Waals surface area contributed by atoms with E-state index in [0.717, 1.165) is 16.2 Å². The Balaban J connectivity index is 2.46. The molecule has 25 heavy (non-hydrogen) atoms. The Morgan fingerprint density at radius 3 is 2.32 bits per heavy atom. The maximum Gasteiger partial charge on any atom is 0.348 e. The molecule has 1 amide bonds. The molecule has 0 radical (unpaired) electrons. The zero-order chi connectivity index (χ0) is 18.6. The van der Waals surface area contributed by atoms with Crippen molar-refractivity contribution in [3.05, 3.63) is 45.8 Å². The van der Waals surface area contributed by atoms with Gasteiger partial charge in [-0.25, -0.2) is 9.59 Å². The van der Waals surface area contributed by atoms with Crippen LogP contribution in [0.2, 0.25) is 0 Å². The van der Waals surface area contributed by atoms with Crippen LogP contribution in [0, 0.1) is 6.92 Å². The smallest absolute Gasteiger partial charge is 0.348 e. The van der Waals surface area contributed by atoms with Gasteiger partial charge in [0.1, 0.15) is 9.88 Å². The highest BCUT2D eigenvalue weighted by atomic mass is 32.2. The van der Waals surface area contributed by atoms with E-state index < -0.39 is 11.9 Å². The summed E-state index contributed by atoms with van der Waals surface area (Å²) in [7, 11) is 2.50. The number of carbonyl (C=O) groups is 3. The minimum Gasteiger partial charge on any atom is -0.465 e. The number of hydrogen-bond donors (Lipinski definition) is 1. The Labute approximate surface area is 153 Å². The lowest BCUT2D eigenvalue weighted by Crippen LogP contribution is -2.15. The Kier molecular flexibility index (Phi) is 6.22. The quantitative estimate of drug-likeness (QED) is 0.631. The van der Waals surface area contributed by atoms with Gasteiger partial charge in [0.15, 0.2) is 0 Å². The monoisotopic (exact) mass is 379 g/mol. The van der Waals surface area contributed by atoms with Crippen LogP contribution in [0.5, 0.6) is 0 Å². The average Bonchev–Trinajstić information content (AvgIpc) is 2.96. The van der Waals surface area contributed by atoms with Crippen LogP contribution < -0.4 is 5.32 Å². The number of anilines is 1. The van der Waals surface area contributed by atoms with E-state index in [4.69, 9.17) is 9.47 Å². The van der Waals surface area contributed by atoms with Gasteiger partial charge in [0.2, 0.25) is 0 Å². The second-order valence-electron chi connectivity index (χ2n) is 4.90. The molecule has 0 aliphatic carbocycles. The number of methoxy groups -OCH3 is 2. The number of thioether (sulfide) groups is 1. The number of amides is 1. The highest BCUT2D eigenvalue weighted by Gasteiger charge is 2.27. The van der Waals surface area contributed by atoms with Crippen LogP contribution in [0.15, 0.2) is 29.2 Å². The molecule has 1 aromatic heterocycles. The molecular weight excluding hydrogens is 362 g/mol. The number of hydrogen-bond acceptors (Lipinski definition) is 7. The Morgan fingerprint density at radius 1 is 1.08 bits per heavy atom. The number of rotatable bonds is 5. The van der Waals surface area contributed by atoms with Crippen molar-refractivity contribution in [2.45, 2.75) is 11.8 Å². The average molecular weight is 379 g/mol. The normalized spacial score (nSPS) is 10.2. The third-order valence-electron chi connectivity index (χ3n) is 3.49. The first kappa shape index (κ1) is 19.0. The molecule has 1 aromatic carbocycles. The first-order valence-electron chi connectivity index (χ1n) is 7.19. The topological polar surface area (TPSA) is 81.7 Å². The molecule has 0 fully saturated rings. The van der Waals surface area contributed by atoms with Gasteiger partial charge in [0.25, 0.3) is 5.91 Å². The van der Waals surface area contributed by atoms with E-state index in [1.165, 1.54) is 26.0 Å². The fraction of sp³-hybridized carbons (Fsp3) is 0.235. The second kappa shape index (κ2) is 8.17. The summed E-state index contributed by atoms with van der Waals surface area (Å²) in [5.74, 6) is -1.57. The van der Waals surface area contributed by atoms with Crippen molar-refractivity contribution < 1.29 is 23.9 Å². The van der Waals surface area contributed by atoms with Gasteiger partial charge >= 0.3 is 11.9 Å². The van der Waals surface area contributed by atoms with Crippen LogP contribution in [-0.2, 0) is 9.47 Å². The van der Waals surface area contributed by atoms with Gasteiger partial charge in [0, 0.05) is 4.90 Å². The molecule has 2 aromatic rings. The predicted octanol–water partition coefficient (Wildman–Crippen LogP) is 3.60. The highest BCUT2D eigenvalue weighted by Crippen LogP contribution is 2.35. The van der Waals surface area contributed by atoms with Gasteiger partial charge < -0.3 is 14.8 Å². The third kappa shape index (κ3) is 3.85. The van der Waals surface area contributed by atoms with Crippen molar-refractivity contribution in [3.63, 3.8) is 0 Å². The van der Waals surface area contributed by atoms with Crippen molar-refractivity contribution >= 4 is 45.9 Å².